The van der Waals surface area contributed by atoms with Gasteiger partial charge in [-0.05, 0) is 18.4 Å². The van der Waals surface area contributed by atoms with Crippen LogP contribution in [0, 0.1) is 11.9 Å². The monoisotopic (exact) mass is 254 g/mol. The van der Waals surface area contributed by atoms with Gasteiger partial charge in [-0.3, -0.25) is 0 Å². The van der Waals surface area contributed by atoms with E-state index in [1.807, 2.05) is 0 Å². The minimum absolute atomic E-state index is 0.400. The number of ether oxygens (including phenoxy) is 1. The van der Waals surface area contributed by atoms with E-state index in [9.17, 15) is 4.39 Å². The normalized spacial score (nSPS) is 12.6. The Hall–Kier alpha value is -1.00. The van der Waals surface area contributed by atoms with Crippen LogP contribution in [0.15, 0.2) is 18.3 Å². The van der Waals surface area contributed by atoms with Crippen LogP contribution < -0.4 is 5.32 Å². The fraction of sp³-hybridized carbons (Fsp3) is 0.643. The van der Waals surface area contributed by atoms with Crippen molar-refractivity contribution < 1.29 is 9.13 Å². The van der Waals surface area contributed by atoms with Gasteiger partial charge in [0, 0.05) is 31.5 Å². The maximum atomic E-state index is 13.2. The predicted molar refractivity (Wildman–Crippen MR) is 70.8 cm³/mol. The van der Waals surface area contributed by atoms with Crippen molar-refractivity contribution in [3.05, 3.63) is 29.8 Å². The van der Waals surface area contributed by atoms with Crippen molar-refractivity contribution in [2.24, 2.45) is 5.92 Å². The maximum Gasteiger partial charge on any atom is 0.217 e. The van der Waals surface area contributed by atoms with Crippen molar-refractivity contribution in [1.82, 2.24) is 10.3 Å². The van der Waals surface area contributed by atoms with Gasteiger partial charge < -0.3 is 10.1 Å². The minimum atomic E-state index is -0.400. The molecule has 0 radical (unpaired) electrons. The molecule has 0 aromatic carbocycles. The third-order valence-electron chi connectivity index (χ3n) is 3.03. The summed E-state index contributed by atoms with van der Waals surface area (Å²) < 4.78 is 18.7. The number of hydrogen-bond donors (Lipinski definition) is 1. The van der Waals surface area contributed by atoms with Crippen LogP contribution in [0.4, 0.5) is 4.39 Å². The predicted octanol–water partition coefficient (Wildman–Crippen LogP) is 2.76. The average Bonchev–Trinajstić information content (AvgIpc) is 2.39. The van der Waals surface area contributed by atoms with E-state index in [1.165, 1.54) is 12.6 Å². The van der Waals surface area contributed by atoms with E-state index in [-0.39, 0.29) is 0 Å². The van der Waals surface area contributed by atoms with Crippen molar-refractivity contribution in [3.8, 4) is 0 Å². The summed E-state index contributed by atoms with van der Waals surface area (Å²) in [5.74, 6) is 0.324. The number of hydrogen-bond acceptors (Lipinski definition) is 3. The molecule has 18 heavy (non-hydrogen) atoms. The Balaban J connectivity index is 2.01. The molecule has 0 bridgehead atoms. The zero-order valence-corrected chi connectivity index (χ0v) is 11.3. The Kier molecular flexibility index (Phi) is 7.53. The SMILES string of the molecule is CCC(C)CCOCCNCc1cccnc1F. The first-order chi connectivity index (χ1) is 8.74. The minimum Gasteiger partial charge on any atom is -0.380 e. The van der Waals surface area contributed by atoms with Crippen LogP contribution in [0.2, 0.25) is 0 Å². The molecular formula is C14H23FN2O. The Morgan fingerprint density at radius 3 is 3.00 bits per heavy atom. The molecule has 1 aromatic rings. The van der Waals surface area contributed by atoms with Crippen molar-refractivity contribution in [3.63, 3.8) is 0 Å². The first kappa shape index (κ1) is 15.1. The third-order valence-corrected chi connectivity index (χ3v) is 3.03. The second-order valence-corrected chi connectivity index (χ2v) is 4.54. The molecular weight excluding hydrogens is 231 g/mol. The quantitative estimate of drug-likeness (QED) is 0.543. The molecule has 0 saturated carbocycles. The molecule has 0 amide bonds. The first-order valence-electron chi connectivity index (χ1n) is 6.62. The molecule has 1 atom stereocenters. The summed E-state index contributed by atoms with van der Waals surface area (Å²) in [5.41, 5.74) is 0.595. The Bertz CT molecular complexity index is 333. The zero-order chi connectivity index (χ0) is 13.2. The number of nitrogens with one attached hydrogen (secondary N) is 1. The van der Waals surface area contributed by atoms with Gasteiger partial charge in [0.2, 0.25) is 5.95 Å². The van der Waals surface area contributed by atoms with Gasteiger partial charge in [-0.25, -0.2) is 4.98 Å². The second kappa shape index (κ2) is 9.00. The van der Waals surface area contributed by atoms with E-state index < -0.39 is 5.95 Å². The molecule has 0 fully saturated rings. The standard InChI is InChI=1S/C14H23FN2O/c1-3-12(2)6-9-18-10-8-16-11-13-5-4-7-17-14(13)15/h4-5,7,12,16H,3,6,8-11H2,1-2H3. The molecule has 0 aliphatic heterocycles. The van der Waals surface area contributed by atoms with Gasteiger partial charge in [-0.15, -0.1) is 0 Å². The van der Waals surface area contributed by atoms with Gasteiger partial charge in [0.15, 0.2) is 0 Å². The first-order valence-corrected chi connectivity index (χ1v) is 6.62. The van der Waals surface area contributed by atoms with E-state index in [1.54, 1.807) is 12.1 Å². The molecule has 0 aliphatic carbocycles. The van der Waals surface area contributed by atoms with E-state index in [4.69, 9.17) is 4.74 Å². The van der Waals surface area contributed by atoms with Gasteiger partial charge in [0.25, 0.3) is 0 Å². The van der Waals surface area contributed by atoms with Crippen molar-refractivity contribution in [2.45, 2.75) is 33.2 Å². The number of aromatic nitrogens is 1. The average molecular weight is 254 g/mol. The van der Waals surface area contributed by atoms with Gasteiger partial charge in [0.1, 0.15) is 0 Å². The van der Waals surface area contributed by atoms with Crippen molar-refractivity contribution >= 4 is 0 Å². The molecule has 4 heteroatoms. The highest BCUT2D eigenvalue weighted by atomic mass is 19.1. The molecule has 1 heterocycles. The van der Waals surface area contributed by atoms with Crippen LogP contribution in [0.3, 0.4) is 0 Å². The number of nitrogens with zero attached hydrogens (tertiary/aromatic N) is 1. The highest BCUT2D eigenvalue weighted by molar-refractivity contribution is 5.10. The van der Waals surface area contributed by atoms with Crippen LogP contribution in [-0.2, 0) is 11.3 Å². The molecule has 1 unspecified atom stereocenters. The smallest absolute Gasteiger partial charge is 0.217 e. The van der Waals surface area contributed by atoms with E-state index in [2.05, 4.69) is 24.1 Å². The molecule has 1 aromatic heterocycles. The summed E-state index contributed by atoms with van der Waals surface area (Å²) in [6.07, 6.45) is 3.76. The largest absolute Gasteiger partial charge is 0.380 e. The van der Waals surface area contributed by atoms with E-state index in [0.717, 1.165) is 25.5 Å². The Labute approximate surface area is 109 Å². The highest BCUT2D eigenvalue weighted by Crippen LogP contribution is 2.05. The topological polar surface area (TPSA) is 34.1 Å². The van der Waals surface area contributed by atoms with Crippen LogP contribution in [0.5, 0.6) is 0 Å². The summed E-state index contributed by atoms with van der Waals surface area (Å²) in [7, 11) is 0. The summed E-state index contributed by atoms with van der Waals surface area (Å²) in [4.78, 5) is 3.60. The molecule has 1 N–H and O–H groups in total. The number of rotatable bonds is 9. The van der Waals surface area contributed by atoms with Crippen molar-refractivity contribution in [2.75, 3.05) is 19.8 Å². The van der Waals surface area contributed by atoms with Gasteiger partial charge in [-0.2, -0.15) is 4.39 Å². The lowest BCUT2D eigenvalue weighted by Gasteiger charge is -2.09. The van der Waals surface area contributed by atoms with Gasteiger partial charge >= 0.3 is 0 Å². The second-order valence-electron chi connectivity index (χ2n) is 4.54. The Morgan fingerprint density at radius 2 is 2.28 bits per heavy atom. The molecule has 1 rings (SSSR count). The molecule has 0 aliphatic rings. The lowest BCUT2D eigenvalue weighted by molar-refractivity contribution is 0.123. The third kappa shape index (κ3) is 6.07. The fourth-order valence-electron chi connectivity index (χ4n) is 1.51. The Morgan fingerprint density at radius 1 is 1.44 bits per heavy atom. The molecule has 0 spiro atoms. The van der Waals surface area contributed by atoms with Crippen LogP contribution in [-0.4, -0.2) is 24.7 Å². The van der Waals surface area contributed by atoms with Gasteiger partial charge in [-0.1, -0.05) is 26.3 Å². The van der Waals surface area contributed by atoms with E-state index in [0.29, 0.717) is 18.7 Å². The highest BCUT2D eigenvalue weighted by Gasteiger charge is 2.01. The molecule has 3 nitrogen and oxygen atoms in total. The van der Waals surface area contributed by atoms with E-state index >= 15 is 0 Å². The zero-order valence-electron chi connectivity index (χ0n) is 11.3. The summed E-state index contributed by atoms with van der Waals surface area (Å²) in [6.45, 7) is 7.11. The van der Waals surface area contributed by atoms with Crippen LogP contribution in [0.1, 0.15) is 32.3 Å². The van der Waals surface area contributed by atoms with Crippen molar-refractivity contribution in [1.29, 1.82) is 0 Å². The van der Waals surface area contributed by atoms with Crippen LogP contribution >= 0.6 is 0 Å². The fourth-order valence-corrected chi connectivity index (χ4v) is 1.51. The lowest BCUT2D eigenvalue weighted by Crippen LogP contribution is -2.20. The summed E-state index contributed by atoms with van der Waals surface area (Å²) >= 11 is 0. The molecule has 0 saturated heterocycles. The number of pyridine rings is 1. The van der Waals surface area contributed by atoms with Crippen LogP contribution in [0.25, 0.3) is 0 Å². The summed E-state index contributed by atoms with van der Waals surface area (Å²) in [5, 5.41) is 3.14. The van der Waals surface area contributed by atoms with Gasteiger partial charge in [0.05, 0.1) is 6.61 Å². The summed E-state index contributed by atoms with van der Waals surface area (Å²) in [6, 6.07) is 3.47. The molecule has 102 valence electrons. The lowest BCUT2D eigenvalue weighted by atomic mass is 10.1. The number of halogens is 1. The maximum absolute atomic E-state index is 13.2.